The van der Waals surface area contributed by atoms with Gasteiger partial charge in [0.2, 0.25) is 0 Å². The van der Waals surface area contributed by atoms with Crippen LogP contribution in [0.5, 0.6) is 0 Å². The third-order valence-electron chi connectivity index (χ3n) is 4.03. The molecule has 0 atom stereocenters. The van der Waals surface area contributed by atoms with Crippen molar-refractivity contribution in [3.8, 4) is 11.1 Å². The molecule has 1 aromatic heterocycles. The topological polar surface area (TPSA) is 57.3 Å². The highest BCUT2D eigenvalue weighted by atomic mass is 16.1. The van der Waals surface area contributed by atoms with Gasteiger partial charge < -0.3 is 10.6 Å². The van der Waals surface area contributed by atoms with Crippen LogP contribution in [0.25, 0.3) is 11.1 Å². The zero-order valence-corrected chi connectivity index (χ0v) is 13.2. The maximum atomic E-state index is 12.3. The second-order valence-corrected chi connectivity index (χ2v) is 5.68. The summed E-state index contributed by atoms with van der Waals surface area (Å²) in [5.41, 5.74) is 2.63. The number of rotatable bonds is 5. The molecular weight excluding hydrogens is 288 g/mol. The number of pyridine rings is 1. The highest BCUT2D eigenvalue weighted by Gasteiger charge is 2.11. The molecule has 5 heteroatoms. The Kier molecular flexibility index (Phi) is 5.34. The van der Waals surface area contributed by atoms with E-state index >= 15 is 0 Å². The van der Waals surface area contributed by atoms with Gasteiger partial charge in [-0.25, -0.2) is 0 Å². The lowest BCUT2D eigenvalue weighted by molar-refractivity contribution is 0.0947. The maximum Gasteiger partial charge on any atom is 0.252 e. The van der Waals surface area contributed by atoms with Crippen LogP contribution < -0.4 is 10.6 Å². The number of nitrogens with one attached hydrogen (secondary N) is 2. The number of nitrogens with zero attached hydrogens (tertiary/aromatic N) is 2. The smallest absolute Gasteiger partial charge is 0.252 e. The summed E-state index contributed by atoms with van der Waals surface area (Å²) in [4.78, 5) is 18.8. The van der Waals surface area contributed by atoms with Gasteiger partial charge in [-0.1, -0.05) is 30.3 Å². The van der Waals surface area contributed by atoms with Crippen LogP contribution in [0, 0.1) is 0 Å². The average Bonchev–Trinajstić information content (AvgIpc) is 2.63. The molecule has 2 heterocycles. The van der Waals surface area contributed by atoms with Gasteiger partial charge in [0.05, 0.1) is 5.56 Å². The number of amides is 1. The van der Waals surface area contributed by atoms with Crippen molar-refractivity contribution in [2.75, 3.05) is 39.3 Å². The minimum atomic E-state index is -0.0644. The van der Waals surface area contributed by atoms with Crippen LogP contribution in [0.3, 0.4) is 0 Å². The molecule has 5 nitrogen and oxygen atoms in total. The Morgan fingerprint density at radius 3 is 2.70 bits per heavy atom. The zero-order chi connectivity index (χ0) is 15.9. The summed E-state index contributed by atoms with van der Waals surface area (Å²) >= 11 is 0. The van der Waals surface area contributed by atoms with E-state index in [0.717, 1.165) is 43.9 Å². The van der Waals surface area contributed by atoms with E-state index in [2.05, 4.69) is 20.5 Å². The fraction of sp³-hybridized carbons (Fsp3) is 0.333. The first-order chi connectivity index (χ1) is 11.3. The van der Waals surface area contributed by atoms with Crippen LogP contribution >= 0.6 is 0 Å². The molecule has 1 aromatic carbocycles. The van der Waals surface area contributed by atoms with E-state index < -0.39 is 0 Å². The second-order valence-electron chi connectivity index (χ2n) is 5.68. The second kappa shape index (κ2) is 7.85. The Labute approximate surface area is 136 Å². The normalized spacial score (nSPS) is 15.3. The van der Waals surface area contributed by atoms with Crippen molar-refractivity contribution in [3.05, 3.63) is 54.4 Å². The molecule has 1 aliphatic heterocycles. The van der Waals surface area contributed by atoms with E-state index in [1.165, 1.54) is 0 Å². The summed E-state index contributed by atoms with van der Waals surface area (Å²) in [6.07, 6.45) is 3.40. The number of hydrogen-bond acceptors (Lipinski definition) is 4. The highest BCUT2D eigenvalue weighted by molar-refractivity contribution is 5.95. The molecule has 120 valence electrons. The summed E-state index contributed by atoms with van der Waals surface area (Å²) in [6, 6.07) is 11.9. The van der Waals surface area contributed by atoms with E-state index in [1.54, 1.807) is 12.4 Å². The number of carbonyl (C=O) groups is 1. The molecule has 0 spiro atoms. The van der Waals surface area contributed by atoms with E-state index in [4.69, 9.17) is 0 Å². The fourth-order valence-corrected chi connectivity index (χ4v) is 2.72. The van der Waals surface area contributed by atoms with Crippen molar-refractivity contribution >= 4 is 5.91 Å². The van der Waals surface area contributed by atoms with Crippen LogP contribution in [0.2, 0.25) is 0 Å². The fourth-order valence-electron chi connectivity index (χ4n) is 2.72. The predicted molar refractivity (Wildman–Crippen MR) is 91.3 cm³/mol. The lowest BCUT2D eigenvalue weighted by Gasteiger charge is -2.27. The van der Waals surface area contributed by atoms with Gasteiger partial charge in [-0.15, -0.1) is 0 Å². The summed E-state index contributed by atoms with van der Waals surface area (Å²) in [6.45, 7) is 5.68. The van der Waals surface area contributed by atoms with Crippen LogP contribution in [0.15, 0.2) is 48.8 Å². The molecule has 1 amide bonds. The minimum absolute atomic E-state index is 0.0644. The van der Waals surface area contributed by atoms with Gasteiger partial charge >= 0.3 is 0 Å². The number of hydrogen-bond donors (Lipinski definition) is 2. The molecule has 3 rings (SSSR count). The van der Waals surface area contributed by atoms with Gasteiger partial charge in [0, 0.05) is 57.2 Å². The molecule has 0 radical (unpaired) electrons. The van der Waals surface area contributed by atoms with E-state index in [0.29, 0.717) is 12.1 Å². The van der Waals surface area contributed by atoms with Crippen molar-refractivity contribution < 1.29 is 4.79 Å². The monoisotopic (exact) mass is 310 g/mol. The standard InChI is InChI=1S/C18H22N4O/c23-18(21-8-11-22-9-6-19-7-10-22)17-12-16(13-20-14-17)15-4-2-1-3-5-15/h1-5,12-14,19H,6-11H2,(H,21,23). The molecule has 1 saturated heterocycles. The first-order valence-electron chi connectivity index (χ1n) is 8.05. The number of piperazine rings is 1. The van der Waals surface area contributed by atoms with Gasteiger partial charge in [-0.2, -0.15) is 0 Å². The summed E-state index contributed by atoms with van der Waals surface area (Å²) in [7, 11) is 0. The maximum absolute atomic E-state index is 12.3. The van der Waals surface area contributed by atoms with E-state index in [1.807, 2.05) is 36.4 Å². The van der Waals surface area contributed by atoms with E-state index in [-0.39, 0.29) is 5.91 Å². The summed E-state index contributed by atoms with van der Waals surface area (Å²) in [5, 5.41) is 6.31. The molecule has 1 aliphatic rings. The average molecular weight is 310 g/mol. The molecule has 0 unspecified atom stereocenters. The molecule has 1 fully saturated rings. The van der Waals surface area contributed by atoms with Gasteiger partial charge in [0.15, 0.2) is 0 Å². The molecule has 0 bridgehead atoms. The highest BCUT2D eigenvalue weighted by Crippen LogP contribution is 2.18. The largest absolute Gasteiger partial charge is 0.351 e. The van der Waals surface area contributed by atoms with Gasteiger partial charge in [-0.05, 0) is 11.6 Å². The third kappa shape index (κ3) is 4.37. The zero-order valence-electron chi connectivity index (χ0n) is 13.2. The lowest BCUT2D eigenvalue weighted by Crippen LogP contribution is -2.46. The molecule has 0 aliphatic carbocycles. The van der Waals surface area contributed by atoms with Gasteiger partial charge in [0.25, 0.3) is 5.91 Å². The molecular formula is C18H22N4O. The first-order valence-corrected chi connectivity index (χ1v) is 8.05. The Morgan fingerprint density at radius 2 is 1.91 bits per heavy atom. The van der Waals surface area contributed by atoms with Crippen LogP contribution in [-0.2, 0) is 0 Å². The Bertz CT molecular complexity index is 638. The third-order valence-corrected chi connectivity index (χ3v) is 4.03. The molecule has 23 heavy (non-hydrogen) atoms. The predicted octanol–water partition coefficient (Wildman–Crippen LogP) is 1.38. The lowest BCUT2D eigenvalue weighted by atomic mass is 10.1. The number of aromatic nitrogens is 1. The number of carbonyl (C=O) groups excluding carboxylic acids is 1. The molecule has 2 aromatic rings. The number of benzene rings is 1. The van der Waals surface area contributed by atoms with Crippen molar-refractivity contribution in [2.24, 2.45) is 0 Å². The van der Waals surface area contributed by atoms with Gasteiger partial charge in [-0.3, -0.25) is 14.7 Å². The van der Waals surface area contributed by atoms with Crippen LogP contribution in [0.4, 0.5) is 0 Å². The quantitative estimate of drug-likeness (QED) is 0.876. The van der Waals surface area contributed by atoms with E-state index in [9.17, 15) is 4.79 Å². The Hall–Kier alpha value is -2.24. The Morgan fingerprint density at radius 1 is 1.13 bits per heavy atom. The molecule has 2 N–H and O–H groups in total. The molecule has 0 saturated carbocycles. The van der Waals surface area contributed by atoms with Crippen molar-refractivity contribution in [3.63, 3.8) is 0 Å². The van der Waals surface area contributed by atoms with Gasteiger partial charge in [0.1, 0.15) is 0 Å². The SMILES string of the molecule is O=C(NCCN1CCNCC1)c1cncc(-c2ccccc2)c1. The van der Waals surface area contributed by atoms with Crippen molar-refractivity contribution in [1.29, 1.82) is 0 Å². The Balaban J connectivity index is 1.57. The van der Waals surface area contributed by atoms with Crippen molar-refractivity contribution in [2.45, 2.75) is 0 Å². The van der Waals surface area contributed by atoms with Crippen LogP contribution in [-0.4, -0.2) is 55.1 Å². The van der Waals surface area contributed by atoms with Crippen molar-refractivity contribution in [1.82, 2.24) is 20.5 Å². The van der Waals surface area contributed by atoms with Crippen LogP contribution in [0.1, 0.15) is 10.4 Å². The minimum Gasteiger partial charge on any atom is -0.351 e. The summed E-state index contributed by atoms with van der Waals surface area (Å²) in [5.74, 6) is -0.0644. The summed E-state index contributed by atoms with van der Waals surface area (Å²) < 4.78 is 0. The first kappa shape index (κ1) is 15.6.